The van der Waals surface area contributed by atoms with Crippen molar-refractivity contribution >= 4 is 35.1 Å². The highest BCUT2D eigenvalue weighted by Gasteiger charge is 2.45. The van der Waals surface area contributed by atoms with Crippen LogP contribution in [0.1, 0.15) is 17.3 Å². The Hall–Kier alpha value is -3.66. The number of benzene rings is 2. The summed E-state index contributed by atoms with van der Waals surface area (Å²) in [5.41, 5.74) is 2.04. The number of amides is 2. The molecule has 192 valence electrons. The fourth-order valence-electron chi connectivity index (χ4n) is 4.80. The van der Waals surface area contributed by atoms with E-state index in [1.165, 1.54) is 0 Å². The van der Waals surface area contributed by atoms with Gasteiger partial charge in [0.05, 0.1) is 26.0 Å². The van der Waals surface area contributed by atoms with E-state index in [4.69, 9.17) is 21.1 Å². The molecule has 2 atom stereocenters. The minimum Gasteiger partial charge on any atom is -0.497 e. The predicted octanol–water partition coefficient (Wildman–Crippen LogP) is 3.65. The van der Waals surface area contributed by atoms with E-state index in [2.05, 4.69) is 4.98 Å². The number of aromatic nitrogens is 1. The second kappa shape index (κ2) is 10.8. The van der Waals surface area contributed by atoms with Crippen molar-refractivity contribution in [2.75, 3.05) is 43.1 Å². The van der Waals surface area contributed by atoms with Gasteiger partial charge in [0.2, 0.25) is 5.91 Å². The van der Waals surface area contributed by atoms with E-state index in [-0.39, 0.29) is 19.1 Å². The zero-order valence-electron chi connectivity index (χ0n) is 20.3. The quantitative estimate of drug-likeness (QED) is 0.506. The molecule has 1 N–H and O–H groups in total. The van der Waals surface area contributed by atoms with Crippen LogP contribution < -0.4 is 14.5 Å². The number of methoxy groups -OCH3 is 1. The molecule has 2 aliphatic heterocycles. The van der Waals surface area contributed by atoms with Crippen molar-refractivity contribution in [1.29, 1.82) is 0 Å². The molecular formula is C27H27ClN4O5. The third kappa shape index (κ3) is 5.24. The molecule has 2 fully saturated rings. The second-order valence-corrected chi connectivity index (χ2v) is 9.35. The predicted molar refractivity (Wildman–Crippen MR) is 139 cm³/mol. The van der Waals surface area contributed by atoms with E-state index in [1.54, 1.807) is 59.4 Å². The Labute approximate surface area is 219 Å². The Morgan fingerprint density at radius 1 is 1.08 bits per heavy atom. The largest absolute Gasteiger partial charge is 0.497 e. The van der Waals surface area contributed by atoms with Crippen LogP contribution in [-0.2, 0) is 16.1 Å². The number of hydrogen-bond acceptors (Lipinski definition) is 7. The number of anilines is 2. The summed E-state index contributed by atoms with van der Waals surface area (Å²) in [4.78, 5) is 35.8. The van der Waals surface area contributed by atoms with Crippen LogP contribution in [0.15, 0.2) is 66.7 Å². The van der Waals surface area contributed by atoms with E-state index in [0.29, 0.717) is 47.6 Å². The number of pyridine rings is 1. The minimum absolute atomic E-state index is 0.106. The molecule has 2 aromatic carbocycles. The molecule has 2 aliphatic rings. The monoisotopic (exact) mass is 522 g/mol. The molecule has 9 nitrogen and oxygen atoms in total. The van der Waals surface area contributed by atoms with Crippen LogP contribution in [-0.4, -0.2) is 66.4 Å². The molecule has 0 unspecified atom stereocenters. The molecular weight excluding hydrogens is 496 g/mol. The number of aliphatic hydroxyl groups is 1. The Balaban J connectivity index is 1.38. The lowest BCUT2D eigenvalue weighted by molar-refractivity contribution is -0.121. The topological polar surface area (TPSA) is 95.4 Å². The molecule has 5 rings (SSSR count). The van der Waals surface area contributed by atoms with Gasteiger partial charge in [-0.15, -0.1) is 0 Å². The van der Waals surface area contributed by atoms with E-state index < -0.39 is 18.2 Å². The number of rotatable bonds is 7. The molecule has 2 amide bonds. The highest BCUT2D eigenvalue weighted by Crippen LogP contribution is 2.39. The Morgan fingerprint density at radius 2 is 1.86 bits per heavy atom. The summed E-state index contributed by atoms with van der Waals surface area (Å²) in [6, 6.07) is 19.4. The van der Waals surface area contributed by atoms with E-state index >= 15 is 0 Å². The van der Waals surface area contributed by atoms with Crippen molar-refractivity contribution in [3.63, 3.8) is 0 Å². The van der Waals surface area contributed by atoms with Gasteiger partial charge in [0.15, 0.2) is 0 Å². The number of cyclic esters (lactones) is 1. The Bertz CT molecular complexity index is 1290. The maximum Gasteiger partial charge on any atom is 0.415 e. The fourth-order valence-corrected chi connectivity index (χ4v) is 4.93. The highest BCUT2D eigenvalue weighted by atomic mass is 35.5. The zero-order chi connectivity index (χ0) is 25.9. The minimum atomic E-state index is -0.523. The van der Waals surface area contributed by atoms with Crippen molar-refractivity contribution in [2.24, 2.45) is 0 Å². The Kier molecular flexibility index (Phi) is 7.27. The van der Waals surface area contributed by atoms with Gasteiger partial charge in [-0.1, -0.05) is 29.8 Å². The van der Waals surface area contributed by atoms with Gasteiger partial charge in [-0.2, -0.15) is 0 Å². The van der Waals surface area contributed by atoms with Crippen molar-refractivity contribution in [3.05, 3.63) is 83.0 Å². The van der Waals surface area contributed by atoms with Gasteiger partial charge in [0.1, 0.15) is 23.7 Å². The molecule has 0 radical (unpaired) electrons. The number of halogens is 1. The lowest BCUT2D eigenvalue weighted by atomic mass is 9.99. The number of aliphatic hydroxyl groups excluding tert-OH is 1. The van der Waals surface area contributed by atoms with Crippen LogP contribution in [0.2, 0.25) is 5.02 Å². The molecule has 1 aromatic heterocycles. The number of carbonyl (C=O) groups is 2. The summed E-state index contributed by atoms with van der Waals surface area (Å²) in [6.45, 7) is 1.36. The summed E-state index contributed by atoms with van der Waals surface area (Å²) in [5.74, 6) is 1.09. The number of piperazine rings is 1. The summed E-state index contributed by atoms with van der Waals surface area (Å²) < 4.78 is 11.3. The molecule has 2 saturated heterocycles. The van der Waals surface area contributed by atoms with Gasteiger partial charge in [0, 0.05) is 30.3 Å². The standard InChI is InChI=1S/C27H27ClN4O5/c1-36-22-6-2-4-18(14-22)26-23(37-27(35)32(26)21-10-8-19(28)9-11-21)15-30-12-13-31(25(34)16-30)24-7-3-5-20(17-33)29-24/h2-11,14,23,26,33H,12-13,15-17H2,1H3/t23-,26-/m0/s1. The first kappa shape index (κ1) is 25.0. The van der Waals surface area contributed by atoms with Gasteiger partial charge in [-0.05, 0) is 54.1 Å². The van der Waals surface area contributed by atoms with Crippen LogP contribution in [0, 0.1) is 0 Å². The molecule has 3 heterocycles. The van der Waals surface area contributed by atoms with Crippen LogP contribution in [0.5, 0.6) is 5.75 Å². The van der Waals surface area contributed by atoms with Gasteiger partial charge in [0.25, 0.3) is 0 Å². The molecule has 0 bridgehead atoms. The van der Waals surface area contributed by atoms with Crippen molar-refractivity contribution in [2.45, 2.75) is 18.8 Å². The van der Waals surface area contributed by atoms with Gasteiger partial charge in [-0.3, -0.25) is 19.5 Å². The maximum atomic E-state index is 13.1. The zero-order valence-corrected chi connectivity index (χ0v) is 21.0. The molecule has 10 heteroatoms. The highest BCUT2D eigenvalue weighted by molar-refractivity contribution is 6.30. The van der Waals surface area contributed by atoms with E-state index in [9.17, 15) is 14.7 Å². The average molecular weight is 523 g/mol. The summed E-state index contributed by atoms with van der Waals surface area (Å²) in [7, 11) is 1.60. The molecule has 3 aromatic rings. The first-order valence-corrected chi connectivity index (χ1v) is 12.3. The maximum absolute atomic E-state index is 13.1. The average Bonchev–Trinajstić information content (AvgIpc) is 3.24. The van der Waals surface area contributed by atoms with Crippen LogP contribution in [0.4, 0.5) is 16.3 Å². The number of hydrogen-bond donors (Lipinski definition) is 1. The third-order valence-electron chi connectivity index (χ3n) is 6.59. The second-order valence-electron chi connectivity index (χ2n) is 8.92. The van der Waals surface area contributed by atoms with Gasteiger partial charge >= 0.3 is 6.09 Å². The van der Waals surface area contributed by atoms with Gasteiger partial charge in [-0.25, -0.2) is 9.78 Å². The first-order valence-electron chi connectivity index (χ1n) is 12.0. The van der Waals surface area contributed by atoms with Gasteiger partial charge < -0.3 is 14.6 Å². The van der Waals surface area contributed by atoms with Crippen LogP contribution in [0.3, 0.4) is 0 Å². The van der Waals surface area contributed by atoms with E-state index in [1.807, 2.05) is 29.2 Å². The SMILES string of the molecule is COc1cccc([C@H]2[C@H](CN3CCN(c4cccc(CO)n4)C(=O)C3)OC(=O)N2c2ccc(Cl)cc2)c1. The molecule has 0 saturated carbocycles. The number of nitrogens with zero attached hydrogens (tertiary/aromatic N) is 4. The first-order chi connectivity index (χ1) is 18.0. The molecule has 0 spiro atoms. The molecule has 0 aliphatic carbocycles. The Morgan fingerprint density at radius 3 is 2.59 bits per heavy atom. The van der Waals surface area contributed by atoms with Crippen LogP contribution >= 0.6 is 11.6 Å². The molecule has 37 heavy (non-hydrogen) atoms. The smallest absolute Gasteiger partial charge is 0.415 e. The van der Waals surface area contributed by atoms with Crippen molar-refractivity contribution in [3.8, 4) is 5.75 Å². The normalized spacial score (nSPS) is 20.3. The number of ether oxygens (including phenoxy) is 2. The summed E-state index contributed by atoms with van der Waals surface area (Å²) in [5, 5.41) is 9.95. The third-order valence-corrected chi connectivity index (χ3v) is 6.84. The van der Waals surface area contributed by atoms with Crippen LogP contribution in [0.25, 0.3) is 0 Å². The van der Waals surface area contributed by atoms with E-state index in [0.717, 1.165) is 5.56 Å². The van der Waals surface area contributed by atoms with Crippen molar-refractivity contribution < 1.29 is 24.2 Å². The van der Waals surface area contributed by atoms with Crippen molar-refractivity contribution in [1.82, 2.24) is 9.88 Å². The summed E-state index contributed by atoms with van der Waals surface area (Å²) in [6.07, 6.45) is -0.986. The lowest BCUT2D eigenvalue weighted by Gasteiger charge is -2.35. The fraction of sp³-hybridized carbons (Fsp3) is 0.296. The summed E-state index contributed by atoms with van der Waals surface area (Å²) >= 11 is 6.08. The lowest BCUT2D eigenvalue weighted by Crippen LogP contribution is -2.53. The number of carbonyl (C=O) groups excluding carboxylic acids is 2.